The molecule has 2 aliphatic carbocycles. The molecule has 0 radical (unpaired) electrons. The van der Waals surface area contributed by atoms with E-state index < -0.39 is 5.41 Å². The second-order valence-corrected chi connectivity index (χ2v) is 16.7. The van der Waals surface area contributed by atoms with E-state index in [1.807, 2.05) is 0 Å². The summed E-state index contributed by atoms with van der Waals surface area (Å²) in [5, 5.41) is 7.57. The average molecular weight is 786 g/mol. The van der Waals surface area contributed by atoms with E-state index >= 15 is 0 Å². The molecule has 1 spiro atoms. The van der Waals surface area contributed by atoms with E-state index in [0.717, 1.165) is 11.4 Å². The van der Waals surface area contributed by atoms with Gasteiger partial charge in [0.15, 0.2) is 0 Å². The van der Waals surface area contributed by atoms with Crippen LogP contribution < -0.4 is 4.90 Å². The van der Waals surface area contributed by atoms with Gasteiger partial charge < -0.3 is 4.90 Å². The van der Waals surface area contributed by atoms with Crippen molar-refractivity contribution in [2.75, 3.05) is 4.90 Å². The fourth-order valence-electron chi connectivity index (χ4n) is 11.2. The van der Waals surface area contributed by atoms with Crippen LogP contribution in [-0.2, 0) is 5.41 Å². The smallest absolute Gasteiger partial charge is 0.0746 e. The molecule has 2 aliphatic rings. The number of fused-ring (bicyclic) bond motifs is 16. The quantitative estimate of drug-likeness (QED) is 0.157. The van der Waals surface area contributed by atoms with E-state index in [4.69, 9.17) is 0 Å². The zero-order chi connectivity index (χ0) is 40.8. The number of nitrogens with zero attached hydrogens (tertiary/aromatic N) is 1. The third-order valence-electron chi connectivity index (χ3n) is 13.7. The van der Waals surface area contributed by atoms with Crippen LogP contribution in [0, 0.1) is 0 Å². The van der Waals surface area contributed by atoms with Gasteiger partial charge >= 0.3 is 0 Å². The Morgan fingerprint density at radius 2 is 0.677 bits per heavy atom. The second-order valence-electron chi connectivity index (χ2n) is 16.7. The van der Waals surface area contributed by atoms with Gasteiger partial charge in [-0.05, 0) is 112 Å². The van der Waals surface area contributed by atoms with E-state index in [1.54, 1.807) is 0 Å². The minimum Gasteiger partial charge on any atom is -0.309 e. The maximum absolute atomic E-state index is 2.58. The molecule has 0 bridgehead atoms. The summed E-state index contributed by atoms with van der Waals surface area (Å²) in [5.74, 6) is 0. The van der Waals surface area contributed by atoms with E-state index in [0.29, 0.717) is 0 Å². The van der Waals surface area contributed by atoms with Gasteiger partial charge in [-0.15, -0.1) is 0 Å². The standard InChI is InChI=1S/C61H39N/c1-2-19-40(20-3-1)42-21-4-5-22-43(42)52-30-13-17-35-58(52)62(41-37-38-48-46-25-7-6-23-44(46)45-24-8-9-26-47(45)54(48)39-41)59-36-18-31-53-51-29-12-16-34-57(51)61(60(53)59)55-32-14-10-27-49(55)50-28-11-15-33-56(50)61/h1-39H. The lowest BCUT2D eigenvalue weighted by molar-refractivity contribution is 0.793. The minimum absolute atomic E-state index is 0.537. The van der Waals surface area contributed by atoms with Crippen LogP contribution in [0.25, 0.3) is 76.8 Å². The molecule has 288 valence electrons. The molecule has 62 heavy (non-hydrogen) atoms. The highest BCUT2D eigenvalue weighted by Gasteiger charge is 2.53. The molecule has 13 rings (SSSR count). The minimum atomic E-state index is -0.537. The summed E-state index contributed by atoms with van der Waals surface area (Å²) in [5.41, 5.74) is 18.1. The van der Waals surface area contributed by atoms with Crippen LogP contribution in [0.2, 0.25) is 0 Å². The summed E-state index contributed by atoms with van der Waals surface area (Å²) in [7, 11) is 0. The van der Waals surface area contributed by atoms with Crippen molar-refractivity contribution in [1.29, 1.82) is 0 Å². The fraction of sp³-hybridized carbons (Fsp3) is 0.0164. The van der Waals surface area contributed by atoms with Crippen LogP contribution in [0.4, 0.5) is 17.1 Å². The Balaban J connectivity index is 1.17. The van der Waals surface area contributed by atoms with Crippen LogP contribution in [0.3, 0.4) is 0 Å². The highest BCUT2D eigenvalue weighted by Crippen LogP contribution is 2.65. The molecular weight excluding hydrogens is 747 g/mol. The Morgan fingerprint density at radius 1 is 0.258 bits per heavy atom. The van der Waals surface area contributed by atoms with Crippen molar-refractivity contribution in [2.45, 2.75) is 5.41 Å². The monoisotopic (exact) mass is 785 g/mol. The maximum Gasteiger partial charge on any atom is 0.0746 e. The molecule has 0 N–H and O–H groups in total. The van der Waals surface area contributed by atoms with Gasteiger partial charge in [-0.3, -0.25) is 0 Å². The van der Waals surface area contributed by atoms with Gasteiger partial charge in [0.1, 0.15) is 0 Å². The average Bonchev–Trinajstić information content (AvgIpc) is 3.82. The van der Waals surface area contributed by atoms with Gasteiger partial charge in [0.25, 0.3) is 0 Å². The molecule has 0 saturated heterocycles. The molecule has 1 nitrogen and oxygen atoms in total. The van der Waals surface area contributed by atoms with Gasteiger partial charge in [-0.25, -0.2) is 0 Å². The zero-order valence-electron chi connectivity index (χ0n) is 34.0. The first-order valence-electron chi connectivity index (χ1n) is 21.6. The number of hydrogen-bond acceptors (Lipinski definition) is 1. The lowest BCUT2D eigenvalue weighted by atomic mass is 9.70. The van der Waals surface area contributed by atoms with Crippen molar-refractivity contribution in [3.63, 3.8) is 0 Å². The van der Waals surface area contributed by atoms with E-state index in [-0.39, 0.29) is 0 Å². The highest BCUT2D eigenvalue weighted by atomic mass is 15.1. The Morgan fingerprint density at radius 3 is 1.29 bits per heavy atom. The predicted octanol–water partition coefficient (Wildman–Crippen LogP) is 16.3. The molecule has 11 aromatic rings. The summed E-state index contributed by atoms with van der Waals surface area (Å²) in [6.07, 6.45) is 0. The third-order valence-corrected chi connectivity index (χ3v) is 13.7. The van der Waals surface area contributed by atoms with Crippen molar-refractivity contribution >= 4 is 49.4 Å². The molecule has 0 aromatic heterocycles. The second kappa shape index (κ2) is 13.5. The molecular formula is C61H39N. The lowest BCUT2D eigenvalue weighted by Crippen LogP contribution is -2.28. The van der Waals surface area contributed by atoms with E-state index in [9.17, 15) is 0 Å². The van der Waals surface area contributed by atoms with E-state index in [2.05, 4.69) is 241 Å². The topological polar surface area (TPSA) is 3.24 Å². The third kappa shape index (κ3) is 4.79. The van der Waals surface area contributed by atoms with Gasteiger partial charge in [0.05, 0.1) is 16.8 Å². The number of anilines is 3. The van der Waals surface area contributed by atoms with Crippen molar-refractivity contribution in [1.82, 2.24) is 0 Å². The SMILES string of the molecule is c1ccc(-c2ccccc2-c2ccccc2N(c2ccc3c4ccccc4c4ccccc4c3c2)c2cccc3c2C2(c4ccccc4-c4ccccc42)c2ccccc2-3)cc1. The number of hydrogen-bond donors (Lipinski definition) is 0. The van der Waals surface area contributed by atoms with Gasteiger partial charge in [0.2, 0.25) is 0 Å². The summed E-state index contributed by atoms with van der Waals surface area (Å²) in [4.78, 5) is 2.58. The summed E-state index contributed by atoms with van der Waals surface area (Å²) >= 11 is 0. The van der Waals surface area contributed by atoms with Gasteiger partial charge in [0, 0.05) is 16.8 Å². The lowest BCUT2D eigenvalue weighted by Gasteiger charge is -2.36. The highest BCUT2D eigenvalue weighted by molar-refractivity contribution is 6.26. The van der Waals surface area contributed by atoms with Crippen LogP contribution in [0.1, 0.15) is 22.3 Å². The predicted molar refractivity (Wildman–Crippen MR) is 261 cm³/mol. The van der Waals surface area contributed by atoms with Crippen LogP contribution in [0.15, 0.2) is 237 Å². The van der Waals surface area contributed by atoms with Crippen molar-refractivity contribution in [3.05, 3.63) is 259 Å². The molecule has 0 atom stereocenters. The molecule has 0 fully saturated rings. The van der Waals surface area contributed by atoms with E-state index in [1.165, 1.54) is 105 Å². The molecule has 1 heteroatoms. The molecule has 11 aromatic carbocycles. The number of benzene rings is 11. The number of para-hydroxylation sites is 1. The van der Waals surface area contributed by atoms with Crippen molar-refractivity contribution in [3.8, 4) is 44.5 Å². The zero-order valence-corrected chi connectivity index (χ0v) is 34.0. The molecule has 0 saturated carbocycles. The Kier molecular flexibility index (Phi) is 7.59. The van der Waals surface area contributed by atoms with Crippen molar-refractivity contribution < 1.29 is 0 Å². The molecule has 0 amide bonds. The Labute approximate surface area is 361 Å². The fourth-order valence-corrected chi connectivity index (χ4v) is 11.2. The van der Waals surface area contributed by atoms with Crippen LogP contribution in [-0.4, -0.2) is 0 Å². The maximum atomic E-state index is 2.58. The summed E-state index contributed by atoms with van der Waals surface area (Å²) < 4.78 is 0. The molecule has 0 unspecified atom stereocenters. The Hall–Kier alpha value is -8.00. The van der Waals surface area contributed by atoms with Crippen LogP contribution in [0.5, 0.6) is 0 Å². The molecule has 0 heterocycles. The largest absolute Gasteiger partial charge is 0.309 e. The summed E-state index contributed by atoms with van der Waals surface area (Å²) in [6, 6.07) is 88.0. The van der Waals surface area contributed by atoms with Gasteiger partial charge in [-0.2, -0.15) is 0 Å². The first-order valence-corrected chi connectivity index (χ1v) is 21.6. The first-order chi connectivity index (χ1) is 30.8. The van der Waals surface area contributed by atoms with Crippen LogP contribution >= 0.6 is 0 Å². The first kappa shape index (κ1) is 34.8. The number of rotatable bonds is 5. The van der Waals surface area contributed by atoms with Gasteiger partial charge in [-0.1, -0.05) is 212 Å². The Bertz CT molecular complexity index is 3500. The molecule has 0 aliphatic heterocycles. The summed E-state index contributed by atoms with van der Waals surface area (Å²) in [6.45, 7) is 0. The normalized spacial score (nSPS) is 13.0. The van der Waals surface area contributed by atoms with Crippen molar-refractivity contribution in [2.24, 2.45) is 0 Å².